The highest BCUT2D eigenvalue weighted by Crippen LogP contribution is 2.35. The van der Waals surface area contributed by atoms with Gasteiger partial charge in [-0.05, 0) is 30.0 Å². The first kappa shape index (κ1) is 9.19. The summed E-state index contributed by atoms with van der Waals surface area (Å²) in [6.07, 6.45) is 3.16. The summed E-state index contributed by atoms with van der Waals surface area (Å²) in [5, 5.41) is 2.16. The number of aromatic amines is 1. The first-order valence-electron chi connectivity index (χ1n) is 5.18. The van der Waals surface area contributed by atoms with Crippen molar-refractivity contribution in [1.82, 2.24) is 4.98 Å². The van der Waals surface area contributed by atoms with E-state index in [9.17, 15) is 0 Å². The van der Waals surface area contributed by atoms with Crippen LogP contribution in [0.3, 0.4) is 0 Å². The van der Waals surface area contributed by atoms with Gasteiger partial charge in [-0.15, -0.1) is 11.3 Å². The molecule has 78 valence electrons. The topological polar surface area (TPSA) is 25.0 Å². The molecule has 2 aromatic heterocycles. The smallest absolute Gasteiger partial charge is 0.124 e. The van der Waals surface area contributed by atoms with E-state index in [1.54, 1.807) is 0 Å². The molecule has 1 N–H and O–H groups in total. The van der Waals surface area contributed by atoms with Crippen LogP contribution in [-0.4, -0.2) is 11.6 Å². The molecule has 1 aliphatic rings. The van der Waals surface area contributed by atoms with Gasteiger partial charge in [-0.1, -0.05) is 0 Å². The molecule has 0 fully saturated rings. The third kappa shape index (κ3) is 1.43. The number of ether oxygens (including phenoxy) is 1. The molecule has 0 amide bonds. The van der Waals surface area contributed by atoms with Crippen molar-refractivity contribution in [2.24, 2.45) is 0 Å². The maximum Gasteiger partial charge on any atom is 0.124 e. The van der Waals surface area contributed by atoms with E-state index < -0.39 is 0 Å². The van der Waals surface area contributed by atoms with Gasteiger partial charge >= 0.3 is 0 Å². The van der Waals surface area contributed by atoms with Crippen LogP contribution in [0.4, 0.5) is 0 Å². The van der Waals surface area contributed by atoms with Gasteiger partial charge in [0.1, 0.15) is 6.10 Å². The van der Waals surface area contributed by atoms with E-state index in [1.807, 2.05) is 17.5 Å². The summed E-state index contributed by atoms with van der Waals surface area (Å²) in [5.41, 5.74) is 3.82. The Morgan fingerprint density at radius 2 is 2.40 bits per heavy atom. The van der Waals surface area contributed by atoms with E-state index in [0.29, 0.717) is 0 Å². The van der Waals surface area contributed by atoms with Crippen molar-refractivity contribution in [2.75, 3.05) is 6.61 Å². The summed E-state index contributed by atoms with van der Waals surface area (Å²) in [6, 6.07) is 4.28. The lowest BCUT2D eigenvalue weighted by atomic mass is 10.0. The van der Waals surface area contributed by atoms with Gasteiger partial charge in [0.25, 0.3) is 0 Å². The number of thiophene rings is 1. The Labute approximate surface area is 92.9 Å². The molecule has 0 aliphatic carbocycles. The van der Waals surface area contributed by atoms with Gasteiger partial charge in [0.05, 0.1) is 12.3 Å². The van der Waals surface area contributed by atoms with Crippen molar-refractivity contribution in [3.63, 3.8) is 0 Å². The summed E-state index contributed by atoms with van der Waals surface area (Å²) in [4.78, 5) is 4.76. The van der Waals surface area contributed by atoms with Crippen LogP contribution in [0.5, 0.6) is 0 Å². The van der Waals surface area contributed by atoms with E-state index in [1.165, 1.54) is 21.7 Å². The molecule has 1 atom stereocenters. The molecule has 15 heavy (non-hydrogen) atoms. The largest absolute Gasteiger partial charge is 0.367 e. The molecule has 0 aromatic carbocycles. The van der Waals surface area contributed by atoms with Gasteiger partial charge in [-0.2, -0.15) is 0 Å². The fraction of sp³-hybridized carbons (Fsp3) is 0.333. The normalized spacial score (nSPS) is 20.2. The molecule has 3 heteroatoms. The maximum absolute atomic E-state index is 5.86. The fourth-order valence-corrected chi connectivity index (χ4v) is 3.02. The molecule has 3 heterocycles. The Kier molecular flexibility index (Phi) is 2.15. The second-order valence-corrected chi connectivity index (χ2v) is 4.87. The highest BCUT2D eigenvalue weighted by atomic mass is 32.1. The second kappa shape index (κ2) is 3.51. The molecule has 0 spiro atoms. The SMILES string of the molecule is Cc1cc[nH]c1C1OCCc2sccc21. The zero-order chi connectivity index (χ0) is 10.3. The number of hydrogen-bond donors (Lipinski definition) is 1. The first-order valence-corrected chi connectivity index (χ1v) is 6.06. The van der Waals surface area contributed by atoms with E-state index in [4.69, 9.17) is 4.74 Å². The second-order valence-electron chi connectivity index (χ2n) is 3.87. The van der Waals surface area contributed by atoms with E-state index in [-0.39, 0.29) is 6.10 Å². The van der Waals surface area contributed by atoms with E-state index in [0.717, 1.165) is 13.0 Å². The number of H-pyrrole nitrogens is 1. The van der Waals surface area contributed by atoms with Crippen LogP contribution in [-0.2, 0) is 11.2 Å². The highest BCUT2D eigenvalue weighted by Gasteiger charge is 2.25. The van der Waals surface area contributed by atoms with Gasteiger partial charge in [-0.25, -0.2) is 0 Å². The molecule has 0 saturated carbocycles. The Hall–Kier alpha value is -1.06. The summed E-state index contributed by atoms with van der Waals surface area (Å²) in [6.45, 7) is 2.95. The standard InChI is InChI=1S/C12H13NOS/c1-8-2-5-13-11(8)12-9-4-7-15-10(9)3-6-14-12/h2,4-5,7,12-13H,3,6H2,1H3. The third-order valence-electron chi connectivity index (χ3n) is 2.94. The van der Waals surface area contributed by atoms with Crippen molar-refractivity contribution in [1.29, 1.82) is 0 Å². The van der Waals surface area contributed by atoms with Crippen LogP contribution in [0.15, 0.2) is 23.7 Å². The van der Waals surface area contributed by atoms with Crippen LogP contribution >= 0.6 is 11.3 Å². The van der Waals surface area contributed by atoms with Gasteiger partial charge in [0, 0.05) is 23.1 Å². The van der Waals surface area contributed by atoms with Crippen molar-refractivity contribution >= 4 is 11.3 Å². The summed E-state index contributed by atoms with van der Waals surface area (Å²) < 4.78 is 5.86. The number of aryl methyl sites for hydroxylation is 1. The molecular weight excluding hydrogens is 206 g/mol. The van der Waals surface area contributed by atoms with Crippen LogP contribution in [0, 0.1) is 6.92 Å². The third-order valence-corrected chi connectivity index (χ3v) is 3.93. The number of fused-ring (bicyclic) bond motifs is 1. The molecule has 3 rings (SSSR count). The average Bonchev–Trinajstić information content (AvgIpc) is 2.85. The Bertz CT molecular complexity index is 471. The van der Waals surface area contributed by atoms with Gasteiger partial charge in [0.2, 0.25) is 0 Å². The van der Waals surface area contributed by atoms with Crippen LogP contribution in [0.1, 0.15) is 27.8 Å². The molecule has 2 aromatic rings. The molecule has 0 bridgehead atoms. The number of rotatable bonds is 1. The molecule has 2 nitrogen and oxygen atoms in total. The quantitative estimate of drug-likeness (QED) is 0.783. The van der Waals surface area contributed by atoms with Crippen molar-refractivity contribution < 1.29 is 4.74 Å². The monoisotopic (exact) mass is 219 g/mol. The van der Waals surface area contributed by atoms with E-state index >= 15 is 0 Å². The number of aromatic nitrogens is 1. The minimum atomic E-state index is 0.120. The predicted octanol–water partition coefficient (Wildman–Crippen LogP) is 3.05. The summed E-state index contributed by atoms with van der Waals surface area (Å²) in [5.74, 6) is 0. The Balaban J connectivity index is 2.07. The molecule has 0 radical (unpaired) electrons. The van der Waals surface area contributed by atoms with Crippen molar-refractivity contribution in [3.8, 4) is 0 Å². The van der Waals surface area contributed by atoms with Gasteiger partial charge in [0.15, 0.2) is 0 Å². The zero-order valence-corrected chi connectivity index (χ0v) is 9.43. The Morgan fingerprint density at radius 1 is 1.47 bits per heavy atom. The number of hydrogen-bond acceptors (Lipinski definition) is 2. The van der Waals surface area contributed by atoms with Gasteiger partial charge < -0.3 is 9.72 Å². The van der Waals surface area contributed by atoms with Crippen LogP contribution < -0.4 is 0 Å². The lowest BCUT2D eigenvalue weighted by molar-refractivity contribution is 0.0684. The van der Waals surface area contributed by atoms with Crippen LogP contribution in [0.2, 0.25) is 0 Å². The van der Waals surface area contributed by atoms with E-state index in [2.05, 4.69) is 29.4 Å². The van der Waals surface area contributed by atoms with Gasteiger partial charge in [-0.3, -0.25) is 0 Å². The van der Waals surface area contributed by atoms with Crippen molar-refractivity contribution in [2.45, 2.75) is 19.4 Å². The van der Waals surface area contributed by atoms with Crippen LogP contribution in [0.25, 0.3) is 0 Å². The molecule has 1 unspecified atom stereocenters. The minimum absolute atomic E-state index is 0.120. The predicted molar refractivity (Wildman–Crippen MR) is 61.3 cm³/mol. The molecule has 0 saturated heterocycles. The lowest BCUT2D eigenvalue weighted by Gasteiger charge is -2.23. The Morgan fingerprint density at radius 3 is 3.20 bits per heavy atom. The average molecular weight is 219 g/mol. The van der Waals surface area contributed by atoms with Crippen molar-refractivity contribution in [3.05, 3.63) is 45.4 Å². The number of nitrogens with one attached hydrogen (secondary N) is 1. The molecular formula is C12H13NOS. The first-order chi connectivity index (χ1) is 7.36. The minimum Gasteiger partial charge on any atom is -0.367 e. The lowest BCUT2D eigenvalue weighted by Crippen LogP contribution is -2.16. The summed E-state index contributed by atoms with van der Waals surface area (Å²) >= 11 is 1.84. The zero-order valence-electron chi connectivity index (χ0n) is 8.62. The fourth-order valence-electron chi connectivity index (χ4n) is 2.13. The molecule has 1 aliphatic heterocycles. The summed E-state index contributed by atoms with van der Waals surface area (Å²) in [7, 11) is 0. The maximum atomic E-state index is 5.86. The highest BCUT2D eigenvalue weighted by molar-refractivity contribution is 7.10.